The zero-order chi connectivity index (χ0) is 18.6. The van der Waals surface area contributed by atoms with E-state index in [4.69, 9.17) is 9.47 Å². The van der Waals surface area contributed by atoms with Gasteiger partial charge in [-0.25, -0.2) is 9.97 Å². The van der Waals surface area contributed by atoms with Gasteiger partial charge < -0.3 is 19.3 Å². The smallest absolute Gasteiger partial charge is 0.230 e. The number of hydrogen-bond donors (Lipinski definition) is 3. The molecule has 1 atom stereocenters. The number of benzene rings is 2. The van der Waals surface area contributed by atoms with Gasteiger partial charge in [0.15, 0.2) is 17.3 Å². The molecule has 2 heterocycles. The molecule has 3 aromatic rings. The van der Waals surface area contributed by atoms with Crippen molar-refractivity contribution in [1.29, 1.82) is 0 Å². The minimum Gasteiger partial charge on any atom is -0.486 e. The van der Waals surface area contributed by atoms with Crippen LogP contribution in [0, 0.1) is 0 Å². The van der Waals surface area contributed by atoms with E-state index < -0.39 is 11.2 Å². The first-order valence-electron chi connectivity index (χ1n) is 8.53. The Bertz CT molecular complexity index is 952. The molecule has 4 rings (SSSR count). The van der Waals surface area contributed by atoms with Crippen molar-refractivity contribution in [2.45, 2.75) is 5.75 Å². The molecule has 0 aliphatic carbocycles. The standard InChI is InChI=1S/C19H20N4O3S/c1-27(24)11-13-4-2-5-14(10-13)22-19-21-12-20-18(23-19)15-6-3-7-16-17(15)26-9-8-25-16/h2-7,10,12,24,27H,8-9,11H2,1H3,(H,20,21,22,23). The monoisotopic (exact) mass is 384 g/mol. The van der Waals surface area contributed by atoms with E-state index in [0.717, 1.165) is 16.8 Å². The largest absolute Gasteiger partial charge is 0.486 e. The zero-order valence-electron chi connectivity index (χ0n) is 14.8. The summed E-state index contributed by atoms with van der Waals surface area (Å²) >= 11 is -0.984. The highest BCUT2D eigenvalue weighted by molar-refractivity contribution is 8.10. The highest BCUT2D eigenvalue weighted by atomic mass is 32.2. The van der Waals surface area contributed by atoms with E-state index in [1.165, 1.54) is 6.33 Å². The van der Waals surface area contributed by atoms with Crippen LogP contribution in [-0.4, -0.2) is 39.0 Å². The Hall–Kier alpha value is -2.84. The minimum atomic E-state index is -0.984. The molecular weight excluding hydrogens is 364 g/mol. The van der Waals surface area contributed by atoms with Crippen LogP contribution in [0.3, 0.4) is 0 Å². The average molecular weight is 384 g/mol. The molecule has 1 aromatic heterocycles. The van der Waals surface area contributed by atoms with Crippen LogP contribution in [-0.2, 0) is 5.75 Å². The van der Waals surface area contributed by atoms with Crippen molar-refractivity contribution in [2.24, 2.45) is 0 Å². The highest BCUT2D eigenvalue weighted by Gasteiger charge is 2.18. The Morgan fingerprint density at radius 2 is 1.96 bits per heavy atom. The number of anilines is 2. The number of para-hydroxylation sites is 1. The predicted molar refractivity (Wildman–Crippen MR) is 107 cm³/mol. The summed E-state index contributed by atoms with van der Waals surface area (Å²) < 4.78 is 21.0. The van der Waals surface area contributed by atoms with Crippen LogP contribution in [0.2, 0.25) is 0 Å². The first-order chi connectivity index (χ1) is 13.2. The van der Waals surface area contributed by atoms with Gasteiger partial charge in [0.1, 0.15) is 19.5 Å². The van der Waals surface area contributed by atoms with Crippen molar-refractivity contribution < 1.29 is 14.0 Å². The molecule has 0 saturated heterocycles. The van der Waals surface area contributed by atoms with Crippen LogP contribution < -0.4 is 14.8 Å². The zero-order valence-corrected chi connectivity index (χ0v) is 15.7. The third-order valence-electron chi connectivity index (χ3n) is 3.97. The molecule has 27 heavy (non-hydrogen) atoms. The summed E-state index contributed by atoms with van der Waals surface area (Å²) in [6, 6.07) is 13.5. The van der Waals surface area contributed by atoms with Crippen LogP contribution in [0.4, 0.5) is 11.6 Å². The fourth-order valence-corrected chi connectivity index (χ4v) is 3.60. The Labute approximate surface area is 160 Å². The third-order valence-corrected chi connectivity index (χ3v) is 4.80. The lowest BCUT2D eigenvalue weighted by molar-refractivity contribution is 0.172. The summed E-state index contributed by atoms with van der Waals surface area (Å²) in [5.41, 5.74) is 2.69. The molecule has 0 spiro atoms. The van der Waals surface area contributed by atoms with E-state index in [1.807, 2.05) is 48.7 Å². The van der Waals surface area contributed by atoms with Gasteiger partial charge in [0.25, 0.3) is 0 Å². The minimum absolute atomic E-state index is 0.439. The van der Waals surface area contributed by atoms with Crippen LogP contribution >= 0.6 is 11.2 Å². The fraction of sp³-hybridized carbons (Fsp3) is 0.211. The molecule has 1 unspecified atom stereocenters. The van der Waals surface area contributed by atoms with Gasteiger partial charge >= 0.3 is 0 Å². The van der Waals surface area contributed by atoms with Crippen molar-refractivity contribution in [3.63, 3.8) is 0 Å². The Morgan fingerprint density at radius 3 is 2.85 bits per heavy atom. The Balaban J connectivity index is 1.61. The van der Waals surface area contributed by atoms with Crippen molar-refractivity contribution >= 4 is 22.8 Å². The summed E-state index contributed by atoms with van der Waals surface area (Å²) in [4.78, 5) is 13.0. The van der Waals surface area contributed by atoms with E-state index in [-0.39, 0.29) is 0 Å². The molecule has 2 N–H and O–H groups in total. The van der Waals surface area contributed by atoms with E-state index in [1.54, 1.807) is 0 Å². The molecular formula is C19H20N4O3S. The maximum absolute atomic E-state index is 9.64. The molecule has 7 nitrogen and oxygen atoms in total. The first-order valence-corrected chi connectivity index (χ1v) is 10.5. The molecule has 0 amide bonds. The summed E-state index contributed by atoms with van der Waals surface area (Å²) in [5.74, 6) is 2.96. The van der Waals surface area contributed by atoms with E-state index in [2.05, 4.69) is 20.3 Å². The molecule has 2 aromatic carbocycles. The summed E-state index contributed by atoms with van der Waals surface area (Å²) in [5, 5.41) is 3.20. The van der Waals surface area contributed by atoms with Gasteiger partial charge in [-0.15, -0.1) is 11.2 Å². The molecule has 0 saturated carbocycles. The van der Waals surface area contributed by atoms with Crippen molar-refractivity contribution in [3.05, 3.63) is 54.4 Å². The van der Waals surface area contributed by atoms with Gasteiger partial charge in [-0.2, -0.15) is 4.98 Å². The summed E-state index contributed by atoms with van der Waals surface area (Å²) in [6.45, 7) is 1.03. The van der Waals surface area contributed by atoms with Crippen molar-refractivity contribution in [3.8, 4) is 22.9 Å². The lowest BCUT2D eigenvalue weighted by Crippen LogP contribution is -2.16. The highest BCUT2D eigenvalue weighted by Crippen LogP contribution is 2.38. The van der Waals surface area contributed by atoms with Gasteiger partial charge in [0.05, 0.1) is 5.56 Å². The first kappa shape index (κ1) is 17.6. The Morgan fingerprint density at radius 1 is 1.11 bits per heavy atom. The SMILES string of the molecule is C[SH](O)Cc1cccc(Nc2ncnc(-c3cccc4c3OCCO4)n2)c1. The number of thiol groups is 1. The van der Waals surface area contributed by atoms with Crippen molar-refractivity contribution in [2.75, 3.05) is 24.8 Å². The van der Waals surface area contributed by atoms with Gasteiger partial charge in [-0.3, -0.25) is 0 Å². The van der Waals surface area contributed by atoms with Gasteiger partial charge in [0.2, 0.25) is 5.95 Å². The Kier molecular flexibility index (Phi) is 5.08. The molecule has 0 bridgehead atoms. The second-order valence-electron chi connectivity index (χ2n) is 6.10. The predicted octanol–water partition coefficient (Wildman–Crippen LogP) is 3.66. The number of aromatic nitrogens is 3. The van der Waals surface area contributed by atoms with Gasteiger partial charge in [-0.05, 0) is 36.1 Å². The topological polar surface area (TPSA) is 89.4 Å². The number of ether oxygens (including phenoxy) is 2. The lowest BCUT2D eigenvalue weighted by Gasteiger charge is -2.20. The number of hydrogen-bond acceptors (Lipinski definition) is 7. The maximum atomic E-state index is 9.64. The number of fused-ring (bicyclic) bond motifs is 1. The number of nitrogens with zero attached hydrogens (tertiary/aromatic N) is 3. The normalized spacial score (nSPS) is 14.5. The fourth-order valence-electron chi connectivity index (χ4n) is 2.88. The van der Waals surface area contributed by atoms with Crippen molar-refractivity contribution in [1.82, 2.24) is 15.0 Å². The van der Waals surface area contributed by atoms with Gasteiger partial charge in [-0.1, -0.05) is 18.2 Å². The second-order valence-corrected chi connectivity index (χ2v) is 7.74. The quantitative estimate of drug-likeness (QED) is 0.579. The molecule has 0 radical (unpaired) electrons. The van der Waals surface area contributed by atoms with Crippen LogP contribution in [0.5, 0.6) is 11.5 Å². The number of rotatable bonds is 5. The maximum Gasteiger partial charge on any atom is 0.230 e. The molecule has 140 valence electrons. The number of nitrogens with one attached hydrogen (secondary N) is 1. The second kappa shape index (κ2) is 7.81. The lowest BCUT2D eigenvalue weighted by atomic mass is 10.1. The summed E-state index contributed by atoms with van der Waals surface area (Å²) in [6.07, 6.45) is 3.30. The third kappa shape index (κ3) is 4.12. The molecule has 1 aliphatic rings. The van der Waals surface area contributed by atoms with E-state index in [0.29, 0.717) is 42.2 Å². The van der Waals surface area contributed by atoms with E-state index in [9.17, 15) is 4.55 Å². The van der Waals surface area contributed by atoms with E-state index >= 15 is 0 Å². The summed E-state index contributed by atoms with van der Waals surface area (Å²) in [7, 11) is 0. The van der Waals surface area contributed by atoms with Crippen LogP contribution in [0.1, 0.15) is 5.56 Å². The van der Waals surface area contributed by atoms with Gasteiger partial charge in [0, 0.05) is 11.4 Å². The van der Waals surface area contributed by atoms with Crippen LogP contribution in [0.25, 0.3) is 11.4 Å². The molecule has 8 heteroatoms. The molecule has 1 aliphatic heterocycles. The average Bonchev–Trinajstić information content (AvgIpc) is 2.67. The molecule has 0 fully saturated rings. The van der Waals surface area contributed by atoms with Crippen LogP contribution in [0.15, 0.2) is 48.8 Å².